The van der Waals surface area contributed by atoms with Crippen LogP contribution in [0.2, 0.25) is 0 Å². The first-order valence-corrected chi connectivity index (χ1v) is 21.9. The van der Waals surface area contributed by atoms with Crippen LogP contribution in [0, 0.1) is 5.92 Å². The Morgan fingerprint density at radius 3 is 2.48 bits per heavy atom. The number of ether oxygens (including phenoxy) is 4. The lowest BCUT2D eigenvalue weighted by molar-refractivity contribution is -0.141. The zero-order valence-electron chi connectivity index (χ0n) is 34.9. The fraction of sp³-hybridized carbons (Fsp3) is 0.512. The smallest absolute Gasteiger partial charge is 0.408 e. The Balaban J connectivity index is 1.24. The second-order valence-corrected chi connectivity index (χ2v) is 19.1. The number of amides is 4. The van der Waals surface area contributed by atoms with Crippen molar-refractivity contribution in [1.29, 1.82) is 0 Å². The van der Waals surface area contributed by atoms with Crippen molar-refractivity contribution in [3.05, 3.63) is 60.7 Å². The van der Waals surface area contributed by atoms with E-state index in [1.807, 2.05) is 67.5 Å². The van der Waals surface area contributed by atoms with Crippen LogP contribution in [-0.2, 0) is 33.9 Å². The maximum atomic E-state index is 14.7. The van der Waals surface area contributed by atoms with Gasteiger partial charge in [0.15, 0.2) is 0 Å². The van der Waals surface area contributed by atoms with Crippen molar-refractivity contribution in [3.8, 4) is 22.9 Å². The highest BCUT2D eigenvalue weighted by atomic mass is 32.2. The minimum Gasteiger partial charge on any atom is -0.497 e. The van der Waals surface area contributed by atoms with Crippen LogP contribution >= 0.6 is 0 Å². The van der Waals surface area contributed by atoms with E-state index in [1.165, 1.54) is 4.90 Å². The third kappa shape index (κ3) is 9.62. The van der Waals surface area contributed by atoms with E-state index in [0.717, 1.165) is 16.6 Å². The molecule has 1 saturated heterocycles. The minimum absolute atomic E-state index is 0.00410. The molecule has 0 spiro atoms. The van der Waals surface area contributed by atoms with Crippen LogP contribution < -0.4 is 29.7 Å². The summed E-state index contributed by atoms with van der Waals surface area (Å²) in [5, 5.41) is 6.49. The van der Waals surface area contributed by atoms with Gasteiger partial charge in [-0.05, 0) is 107 Å². The quantitative estimate of drug-likeness (QED) is 0.262. The van der Waals surface area contributed by atoms with Crippen molar-refractivity contribution in [3.63, 3.8) is 0 Å². The molecule has 3 fully saturated rings. The van der Waals surface area contributed by atoms with Gasteiger partial charge in [0.2, 0.25) is 27.7 Å². The van der Waals surface area contributed by atoms with Gasteiger partial charge in [-0.2, -0.15) is 0 Å². The van der Waals surface area contributed by atoms with Gasteiger partial charge in [0.05, 0.1) is 31.2 Å². The molecule has 3 N–H and O–H groups in total. The van der Waals surface area contributed by atoms with E-state index < -0.39 is 74.3 Å². The number of carbonyl (C=O) groups excluding carboxylic acids is 4. The van der Waals surface area contributed by atoms with Gasteiger partial charge in [-0.1, -0.05) is 12.2 Å². The van der Waals surface area contributed by atoms with Gasteiger partial charge in [-0.15, -0.1) is 0 Å². The van der Waals surface area contributed by atoms with Gasteiger partial charge in [0.1, 0.15) is 35.1 Å². The Bertz CT molecular complexity index is 2270. The zero-order valence-corrected chi connectivity index (χ0v) is 35.7. The number of carbonyl (C=O) groups is 4. The first-order valence-electron chi connectivity index (χ1n) is 20.3. The van der Waals surface area contributed by atoms with E-state index in [-0.39, 0.29) is 39.0 Å². The predicted molar refractivity (Wildman–Crippen MR) is 224 cm³/mol. The highest BCUT2D eigenvalue weighted by molar-refractivity contribution is 7.91. The van der Waals surface area contributed by atoms with Crippen LogP contribution in [0.15, 0.2) is 60.7 Å². The summed E-state index contributed by atoms with van der Waals surface area (Å²) in [6, 6.07) is 13.1. The number of rotatable bonds is 9. The van der Waals surface area contributed by atoms with Crippen molar-refractivity contribution in [2.24, 2.45) is 5.92 Å². The van der Waals surface area contributed by atoms with Crippen molar-refractivity contribution in [2.75, 3.05) is 45.9 Å². The largest absolute Gasteiger partial charge is 0.497 e. The summed E-state index contributed by atoms with van der Waals surface area (Å²) in [5.41, 5.74) is -0.0231. The monoisotopic (exact) mass is 846 g/mol. The lowest BCUT2D eigenvalue weighted by Crippen LogP contribution is -2.58. The lowest BCUT2D eigenvalue weighted by Gasteiger charge is -2.30. The average Bonchev–Trinajstić information content (AvgIpc) is 4.12. The number of fused-ring (bicyclic) bond motifs is 3. The van der Waals surface area contributed by atoms with Crippen molar-refractivity contribution >= 4 is 50.3 Å². The molecule has 4 amide bonds. The number of alkyl carbamates (subject to hydrolysis) is 1. The highest BCUT2D eigenvalue weighted by Gasteiger charge is 2.62. The highest BCUT2D eigenvalue weighted by Crippen LogP contribution is 2.46. The molecule has 0 bridgehead atoms. The molecule has 322 valence electrons. The molecule has 4 aliphatic rings. The van der Waals surface area contributed by atoms with Crippen LogP contribution in [0.1, 0.15) is 59.3 Å². The van der Waals surface area contributed by atoms with Crippen LogP contribution in [0.3, 0.4) is 0 Å². The molecule has 2 aliphatic heterocycles. The second-order valence-electron chi connectivity index (χ2n) is 17.1. The van der Waals surface area contributed by atoms with Crippen molar-refractivity contribution in [1.82, 2.24) is 25.2 Å². The van der Waals surface area contributed by atoms with E-state index in [1.54, 1.807) is 40.0 Å². The summed E-state index contributed by atoms with van der Waals surface area (Å²) in [4.78, 5) is 64.5. The van der Waals surface area contributed by atoms with E-state index in [9.17, 15) is 27.6 Å². The molecule has 0 radical (unpaired) electrons. The summed E-state index contributed by atoms with van der Waals surface area (Å²) >= 11 is 0. The molecule has 60 heavy (non-hydrogen) atoms. The first kappa shape index (κ1) is 42.7. The standard InChI is InChI=1S/C43H54N6O10S/c1-42(2,3)59-41(53)45-34-10-8-20-57-19-7-9-28-24-43(28,40(52)47-60(54,55)32-16-17-32)46-37(50)36-23-31(25-49(36)39(34)51)58-38-33-18-13-29(48(4)5)21-27(33)22-35(44-38)26-11-14-30(56-6)15-12-26/h7,9,11-15,18,21-22,28,31-32,34,36H,8,10,16-17,19-20,23-25H2,1-6H3,(H,45,53)(H,46,50)(H,47,52)/t28?,31?,34-,36-,43+/m0/s1. The third-order valence-corrected chi connectivity index (χ3v) is 12.9. The molecule has 5 atom stereocenters. The number of hydrogen-bond acceptors (Lipinski definition) is 12. The Morgan fingerprint density at radius 2 is 1.80 bits per heavy atom. The Hall–Kier alpha value is -5.42. The molecule has 17 heteroatoms. The number of pyridine rings is 1. The van der Waals surface area contributed by atoms with E-state index in [2.05, 4.69) is 15.4 Å². The van der Waals surface area contributed by atoms with Crippen LogP contribution in [0.25, 0.3) is 22.0 Å². The van der Waals surface area contributed by atoms with Gasteiger partial charge in [0.25, 0.3) is 5.91 Å². The SMILES string of the molecule is COc1ccc(-c2cc3cc(N(C)C)ccc3c(OC3C[C@H]4C(=O)N[C@]5(C(=O)NS(=O)(=O)C6CC6)CC5C=CCOCCC[C@H](NC(=O)OC(C)(C)C)C(=O)N4C3)n2)cc1. The molecular formula is C43H54N6O10S. The first-order chi connectivity index (χ1) is 28.5. The molecule has 2 unspecified atom stereocenters. The Labute approximate surface area is 350 Å². The summed E-state index contributed by atoms with van der Waals surface area (Å²) in [5.74, 6) is -1.59. The summed E-state index contributed by atoms with van der Waals surface area (Å²) in [6.07, 6.45) is 3.53. The number of methoxy groups -OCH3 is 1. The topological polar surface area (TPSA) is 195 Å². The molecule has 1 aromatic heterocycles. The molecule has 3 aromatic rings. The average molecular weight is 847 g/mol. The molecule has 2 aromatic carbocycles. The van der Waals surface area contributed by atoms with Gasteiger partial charge >= 0.3 is 6.09 Å². The number of benzene rings is 2. The number of nitrogens with zero attached hydrogens (tertiary/aromatic N) is 3. The van der Waals surface area contributed by atoms with Gasteiger partial charge in [-0.3, -0.25) is 19.1 Å². The minimum atomic E-state index is -3.94. The molecule has 16 nitrogen and oxygen atoms in total. The van der Waals surface area contributed by atoms with Crippen molar-refractivity contribution < 1.29 is 46.5 Å². The number of aromatic nitrogens is 1. The summed E-state index contributed by atoms with van der Waals surface area (Å²) in [6.45, 7) is 5.52. The Kier molecular flexibility index (Phi) is 12.0. The maximum absolute atomic E-state index is 14.7. The Morgan fingerprint density at radius 1 is 1.05 bits per heavy atom. The van der Waals surface area contributed by atoms with Gasteiger partial charge in [0, 0.05) is 49.7 Å². The summed E-state index contributed by atoms with van der Waals surface area (Å²) in [7, 11) is 1.55. The van der Waals surface area contributed by atoms with Crippen molar-refractivity contribution in [2.45, 2.75) is 93.9 Å². The summed E-state index contributed by atoms with van der Waals surface area (Å²) < 4.78 is 51.4. The van der Waals surface area contributed by atoms with E-state index in [4.69, 9.17) is 23.9 Å². The lowest BCUT2D eigenvalue weighted by atomic mass is 10.1. The maximum Gasteiger partial charge on any atom is 0.408 e. The van der Waals surface area contributed by atoms with Crippen LogP contribution in [0.4, 0.5) is 10.5 Å². The number of anilines is 1. The molecule has 7 rings (SSSR count). The fourth-order valence-electron chi connectivity index (χ4n) is 7.66. The van der Waals surface area contributed by atoms with Gasteiger partial charge < -0.3 is 39.4 Å². The van der Waals surface area contributed by atoms with E-state index >= 15 is 0 Å². The number of nitrogens with one attached hydrogen (secondary N) is 3. The van der Waals surface area contributed by atoms with Crippen LogP contribution in [-0.4, -0.2) is 118 Å². The van der Waals surface area contributed by atoms with Gasteiger partial charge in [-0.25, -0.2) is 18.2 Å². The second kappa shape index (κ2) is 16.9. The van der Waals surface area contributed by atoms with Crippen LogP contribution in [0.5, 0.6) is 11.6 Å². The fourth-order valence-corrected chi connectivity index (χ4v) is 9.02. The molecule has 3 heterocycles. The number of hydrogen-bond donors (Lipinski definition) is 3. The number of sulfonamides is 1. The predicted octanol–water partition coefficient (Wildman–Crippen LogP) is 4.07. The van der Waals surface area contributed by atoms with E-state index in [0.29, 0.717) is 42.0 Å². The molecule has 2 saturated carbocycles. The third-order valence-electron chi connectivity index (χ3n) is 11.1. The molecular weight excluding hydrogens is 793 g/mol. The zero-order chi connectivity index (χ0) is 43.0. The normalized spacial score (nSPS) is 24.9. The molecule has 2 aliphatic carbocycles.